The molecule has 0 aromatic carbocycles. The molecule has 0 saturated carbocycles. The van der Waals surface area contributed by atoms with Crippen LogP contribution in [0.25, 0.3) is 39.3 Å². The molecule has 6 rings (SSSR count). The van der Waals surface area contributed by atoms with Gasteiger partial charge in [0.25, 0.3) is 0 Å². The van der Waals surface area contributed by atoms with Gasteiger partial charge in [-0.15, -0.1) is 0 Å². The van der Waals surface area contributed by atoms with E-state index in [2.05, 4.69) is 62.4 Å². The molecule has 8 bridgehead atoms. The SMILES string of the molecule is C=Cc1c(C)c2cc3nc(c4c5[nH]c(cc6nc(cc1[nH]2)C(C)=C6CC)c(C)c5C(=O)C4)[C@@H](CCC(N)=O)[C@@H]3C. The van der Waals surface area contributed by atoms with Crippen LogP contribution in [0.15, 0.2) is 24.8 Å². The topological polar surface area (TPSA) is 118 Å². The Balaban J connectivity index is 1.77. The lowest BCUT2D eigenvalue weighted by atomic mass is 9.85. The molecule has 5 heterocycles. The summed E-state index contributed by atoms with van der Waals surface area (Å²) in [6, 6.07) is 6.28. The van der Waals surface area contributed by atoms with E-state index in [9.17, 15) is 9.59 Å². The van der Waals surface area contributed by atoms with E-state index in [1.807, 2.05) is 13.0 Å². The summed E-state index contributed by atoms with van der Waals surface area (Å²) in [5.41, 5.74) is 19.9. The molecule has 1 aliphatic carbocycles. The Kier molecular flexibility index (Phi) is 6.13. The number of primary amides is 1. The van der Waals surface area contributed by atoms with Crippen molar-refractivity contribution in [3.8, 4) is 0 Å². The predicted octanol–water partition coefficient (Wildman–Crippen LogP) is 6.81. The number of nitrogens with zero attached hydrogens (tertiary/aromatic N) is 2. The number of nitrogens with one attached hydrogen (secondary N) is 2. The number of ketones is 1. The minimum absolute atomic E-state index is 0.0207. The number of hydrogen-bond donors (Lipinski definition) is 3. The molecule has 2 aliphatic heterocycles. The quantitative estimate of drug-likeness (QED) is 0.334. The van der Waals surface area contributed by atoms with Crippen molar-refractivity contribution in [2.24, 2.45) is 5.73 Å². The molecule has 3 aromatic rings. The van der Waals surface area contributed by atoms with E-state index in [1.54, 1.807) is 0 Å². The third-order valence-electron chi connectivity index (χ3n) is 9.05. The van der Waals surface area contributed by atoms with Gasteiger partial charge in [0.2, 0.25) is 5.91 Å². The van der Waals surface area contributed by atoms with Crippen molar-refractivity contribution >= 4 is 51.0 Å². The largest absolute Gasteiger partial charge is 0.370 e. The fourth-order valence-electron chi connectivity index (χ4n) is 6.72. The molecule has 0 saturated heterocycles. The van der Waals surface area contributed by atoms with Crippen LogP contribution in [0.2, 0.25) is 0 Å². The smallest absolute Gasteiger partial charge is 0.217 e. The summed E-state index contributed by atoms with van der Waals surface area (Å²) in [5.74, 6) is -0.206. The second kappa shape index (κ2) is 9.44. The van der Waals surface area contributed by atoms with Crippen molar-refractivity contribution < 1.29 is 9.59 Å². The number of aromatic nitrogens is 4. The van der Waals surface area contributed by atoms with Gasteiger partial charge in [0.1, 0.15) is 0 Å². The number of amides is 1. The molecule has 0 unspecified atom stereocenters. The highest BCUT2D eigenvalue weighted by Crippen LogP contribution is 2.44. The van der Waals surface area contributed by atoms with E-state index in [0.717, 1.165) is 84.7 Å². The van der Waals surface area contributed by atoms with E-state index in [-0.39, 0.29) is 29.9 Å². The van der Waals surface area contributed by atoms with Crippen molar-refractivity contribution in [3.05, 3.63) is 75.4 Å². The van der Waals surface area contributed by atoms with Crippen LogP contribution in [0.5, 0.6) is 0 Å². The zero-order valence-electron chi connectivity index (χ0n) is 23.8. The van der Waals surface area contributed by atoms with Crippen molar-refractivity contribution in [1.29, 1.82) is 0 Å². The van der Waals surface area contributed by atoms with Gasteiger partial charge in [-0.1, -0.05) is 26.5 Å². The Hall–Kier alpha value is -4.26. The average molecular weight is 534 g/mol. The number of aromatic amines is 2. The van der Waals surface area contributed by atoms with Gasteiger partial charge in [0, 0.05) is 63.6 Å². The van der Waals surface area contributed by atoms with Gasteiger partial charge in [-0.2, -0.15) is 0 Å². The van der Waals surface area contributed by atoms with Crippen LogP contribution in [-0.2, 0) is 11.2 Å². The van der Waals surface area contributed by atoms with E-state index < -0.39 is 0 Å². The number of H-pyrrole nitrogens is 2. The second-order valence-electron chi connectivity index (χ2n) is 11.3. The maximum atomic E-state index is 13.4. The van der Waals surface area contributed by atoms with Gasteiger partial charge >= 0.3 is 0 Å². The number of hydrogen-bond acceptors (Lipinski definition) is 4. The zero-order chi connectivity index (χ0) is 28.5. The number of nitrogens with two attached hydrogens (primary N) is 1. The highest BCUT2D eigenvalue weighted by Gasteiger charge is 2.35. The first-order valence-corrected chi connectivity index (χ1v) is 14.0. The molecular formula is C33H35N5O2. The summed E-state index contributed by atoms with van der Waals surface area (Å²) in [7, 11) is 0. The summed E-state index contributed by atoms with van der Waals surface area (Å²) in [4.78, 5) is 42.6. The molecule has 3 aromatic heterocycles. The van der Waals surface area contributed by atoms with Crippen LogP contribution < -0.4 is 5.73 Å². The molecule has 3 aliphatic rings. The minimum Gasteiger partial charge on any atom is -0.370 e. The van der Waals surface area contributed by atoms with E-state index in [0.29, 0.717) is 12.8 Å². The number of Topliss-reactive ketones (excluding diaryl/α,β-unsaturated/α-hetero) is 1. The third-order valence-corrected chi connectivity index (χ3v) is 9.05. The number of aryl methyl sites for hydroxylation is 2. The number of fused-ring (bicyclic) bond motifs is 8. The van der Waals surface area contributed by atoms with Gasteiger partial charge in [-0.3, -0.25) is 14.6 Å². The Bertz CT molecular complexity index is 1830. The van der Waals surface area contributed by atoms with Crippen LogP contribution in [0, 0.1) is 13.8 Å². The molecular weight excluding hydrogens is 498 g/mol. The first-order chi connectivity index (χ1) is 19.1. The van der Waals surface area contributed by atoms with Crippen LogP contribution in [0.1, 0.15) is 107 Å². The lowest BCUT2D eigenvalue weighted by Crippen LogP contribution is -2.13. The maximum absolute atomic E-state index is 13.4. The summed E-state index contributed by atoms with van der Waals surface area (Å²) in [6.07, 6.45) is 3.88. The van der Waals surface area contributed by atoms with Gasteiger partial charge in [-0.05, 0) is 74.1 Å². The van der Waals surface area contributed by atoms with Crippen molar-refractivity contribution in [3.63, 3.8) is 0 Å². The highest BCUT2D eigenvalue weighted by molar-refractivity contribution is 6.13. The van der Waals surface area contributed by atoms with E-state index in [4.69, 9.17) is 15.7 Å². The first-order valence-electron chi connectivity index (χ1n) is 14.0. The molecule has 204 valence electrons. The monoisotopic (exact) mass is 533 g/mol. The van der Waals surface area contributed by atoms with Gasteiger partial charge in [-0.25, -0.2) is 4.98 Å². The lowest BCUT2D eigenvalue weighted by molar-refractivity contribution is -0.118. The number of carbonyl (C=O) groups excluding carboxylic acids is 2. The number of rotatable bonds is 5. The summed E-state index contributed by atoms with van der Waals surface area (Å²) in [5, 5.41) is 0. The fourth-order valence-corrected chi connectivity index (χ4v) is 6.72. The van der Waals surface area contributed by atoms with Crippen LogP contribution in [0.3, 0.4) is 0 Å². The number of allylic oxidation sites excluding steroid dienone is 2. The molecule has 2 atom stereocenters. The summed E-state index contributed by atoms with van der Waals surface area (Å²) < 4.78 is 0. The van der Waals surface area contributed by atoms with Crippen molar-refractivity contribution in [1.82, 2.24) is 19.9 Å². The summed E-state index contributed by atoms with van der Waals surface area (Å²) >= 11 is 0. The molecule has 0 spiro atoms. The van der Waals surface area contributed by atoms with Crippen LogP contribution >= 0.6 is 0 Å². The maximum Gasteiger partial charge on any atom is 0.217 e. The normalized spacial score (nSPS) is 18.1. The number of carbonyl (C=O) groups is 2. The fraction of sp³-hybridized carbons (Fsp3) is 0.333. The Morgan fingerprint density at radius 3 is 2.50 bits per heavy atom. The summed E-state index contributed by atoms with van der Waals surface area (Å²) in [6.45, 7) is 14.6. The van der Waals surface area contributed by atoms with E-state index in [1.165, 1.54) is 5.57 Å². The second-order valence-corrected chi connectivity index (χ2v) is 11.3. The molecule has 40 heavy (non-hydrogen) atoms. The standard InChI is InChI=1S/C33H35N5O2/c1-7-19-15(3)23-12-25-17(5)21(9-10-30(34)40)32(37-25)22-11-29(39)31-18(6)26(38-33(22)31)14-28-20(8-2)16(4)24(36-28)13-27(19)35-23/h7,12-14,17,21,35,38H,1,8-11H2,2-6H3,(H2,34,40)/t17-,21-/m0/s1. The Morgan fingerprint density at radius 1 is 1.07 bits per heavy atom. The van der Waals surface area contributed by atoms with E-state index >= 15 is 0 Å². The predicted molar refractivity (Wildman–Crippen MR) is 161 cm³/mol. The lowest BCUT2D eigenvalue weighted by Gasteiger charge is -2.16. The first kappa shape index (κ1) is 26.0. The third kappa shape index (κ3) is 3.86. The minimum atomic E-state index is -0.331. The van der Waals surface area contributed by atoms with Crippen molar-refractivity contribution in [2.45, 2.75) is 72.1 Å². The zero-order valence-corrected chi connectivity index (χ0v) is 23.8. The van der Waals surface area contributed by atoms with Gasteiger partial charge in [0.05, 0.1) is 22.6 Å². The molecule has 0 radical (unpaired) electrons. The van der Waals surface area contributed by atoms with Crippen LogP contribution in [-0.4, -0.2) is 31.6 Å². The molecule has 7 nitrogen and oxygen atoms in total. The Labute approximate surface area is 233 Å². The van der Waals surface area contributed by atoms with Gasteiger partial charge < -0.3 is 15.7 Å². The molecule has 7 heteroatoms. The molecule has 4 N–H and O–H groups in total. The molecule has 1 amide bonds. The van der Waals surface area contributed by atoms with Crippen molar-refractivity contribution in [2.75, 3.05) is 0 Å². The van der Waals surface area contributed by atoms with Crippen LogP contribution in [0.4, 0.5) is 0 Å². The average Bonchev–Trinajstić information content (AvgIpc) is 3.65. The Morgan fingerprint density at radius 2 is 1.80 bits per heavy atom. The highest BCUT2D eigenvalue weighted by atomic mass is 16.1. The molecule has 0 fully saturated rings. The van der Waals surface area contributed by atoms with Gasteiger partial charge in [0.15, 0.2) is 5.78 Å².